The summed E-state index contributed by atoms with van der Waals surface area (Å²) in [6.07, 6.45) is 0. The van der Waals surface area contributed by atoms with E-state index in [9.17, 15) is 52.7 Å². The summed E-state index contributed by atoms with van der Waals surface area (Å²) in [6, 6.07) is -1.29. The van der Waals surface area contributed by atoms with Gasteiger partial charge in [0, 0.05) is 18.8 Å². The second kappa shape index (κ2) is 30.1. The quantitative estimate of drug-likeness (QED) is 0.0477. The number of rotatable bonds is 17. The second-order valence-corrected chi connectivity index (χ2v) is 15.5. The predicted octanol–water partition coefficient (Wildman–Crippen LogP) is -8.14. The molecule has 0 aromatic heterocycles. The number of ether oxygens (including phenoxy) is 4. The average Bonchev–Trinajstić information content (AvgIpc) is 3.20. The fraction of sp³-hybridized carbons (Fsp3) is 0.645. The van der Waals surface area contributed by atoms with Crippen molar-refractivity contribution < 1.29 is 71.7 Å². The Kier molecular flexibility index (Phi) is 25.7. The molecule has 11 amide bonds. The van der Waals surface area contributed by atoms with E-state index in [4.69, 9.17) is 24.7 Å². The molecule has 60 heavy (non-hydrogen) atoms. The topological polar surface area (TPSA) is 371 Å². The maximum atomic E-state index is 13.1. The zero-order valence-corrected chi connectivity index (χ0v) is 34.6. The van der Waals surface area contributed by atoms with Crippen LogP contribution in [0.1, 0.15) is 0 Å². The fourth-order valence-corrected chi connectivity index (χ4v) is 7.44. The highest BCUT2D eigenvalue weighted by Crippen LogP contribution is 2.26. The van der Waals surface area contributed by atoms with E-state index in [2.05, 4.69) is 53.2 Å². The molecule has 29 heteroatoms. The van der Waals surface area contributed by atoms with Crippen LogP contribution in [0.15, 0.2) is 0 Å². The van der Waals surface area contributed by atoms with Crippen LogP contribution < -0.4 is 58.9 Å². The summed E-state index contributed by atoms with van der Waals surface area (Å²) in [6.45, 7) is -2.27. The first-order chi connectivity index (χ1) is 28.7. The van der Waals surface area contributed by atoms with Gasteiger partial charge in [-0.15, -0.1) is 11.8 Å². The third kappa shape index (κ3) is 24.2. The number of hydrogen-bond donors (Lipinski definition) is 11. The van der Waals surface area contributed by atoms with Crippen molar-refractivity contribution in [2.75, 3.05) is 110 Å². The van der Waals surface area contributed by atoms with Gasteiger partial charge in [0.25, 0.3) is 11.8 Å². The molecule has 2 saturated heterocycles. The summed E-state index contributed by atoms with van der Waals surface area (Å²) < 4.78 is 20.9. The van der Waals surface area contributed by atoms with Crippen LogP contribution >= 0.6 is 33.3 Å². The molecule has 3 unspecified atom stereocenters. The predicted molar refractivity (Wildman–Crippen MR) is 212 cm³/mol. The number of amides is 11. The Hall–Kier alpha value is -4.94. The normalized spacial score (nSPS) is 20.7. The zero-order chi connectivity index (χ0) is 44.1. The van der Waals surface area contributed by atoms with E-state index in [1.165, 1.54) is 0 Å². The first kappa shape index (κ1) is 51.2. The Morgan fingerprint density at radius 3 is 1.75 bits per heavy atom. The number of nitrogens with two attached hydrogens (primary N) is 1. The number of nitrogens with one attached hydrogen (secondary N) is 10. The third-order valence-corrected chi connectivity index (χ3v) is 10.6. The molecule has 0 spiro atoms. The average molecular weight is 912 g/mol. The largest absolute Gasteiger partial charge is 0.377 e. The van der Waals surface area contributed by atoms with Crippen LogP contribution in [0.4, 0.5) is 0 Å². The Labute approximate surface area is 355 Å². The minimum absolute atomic E-state index is 0.00654. The van der Waals surface area contributed by atoms with E-state index in [1.807, 2.05) is 0 Å². The molecule has 0 saturated carbocycles. The SMILES string of the molecule is NC(=O)COCC(=O)NCCOCCOCCOCCNC(=O)C1NC(=O)CNC(=O)C2NC(=O)CNC(=O)CNC(=O)CNC(=O)C(CSS2)NC(=O)CNC(=O)CS1. The number of carbonyl (C=O) groups excluding carboxylic acids is 11. The van der Waals surface area contributed by atoms with Crippen molar-refractivity contribution in [1.82, 2.24) is 53.2 Å². The first-order valence-electron chi connectivity index (χ1n) is 18.0. The molecule has 2 rings (SSSR count). The van der Waals surface area contributed by atoms with Gasteiger partial charge < -0.3 is 77.8 Å². The lowest BCUT2D eigenvalue weighted by molar-refractivity contribution is -0.131. The molecule has 0 aromatic rings. The highest BCUT2D eigenvalue weighted by Gasteiger charge is 2.28. The van der Waals surface area contributed by atoms with Gasteiger partial charge in [-0.05, 0) is 0 Å². The van der Waals surface area contributed by atoms with Gasteiger partial charge in [0.05, 0.1) is 78.1 Å². The molecule has 0 aromatic carbocycles. The zero-order valence-electron chi connectivity index (χ0n) is 32.2. The lowest BCUT2D eigenvalue weighted by Crippen LogP contribution is -2.54. The number of fused-ring (bicyclic) bond motifs is 4. The maximum Gasteiger partial charge on any atom is 0.254 e. The molecule has 0 radical (unpaired) electrons. The van der Waals surface area contributed by atoms with Gasteiger partial charge in [0.1, 0.15) is 19.3 Å². The van der Waals surface area contributed by atoms with Crippen molar-refractivity contribution in [3.63, 3.8) is 0 Å². The van der Waals surface area contributed by atoms with Crippen molar-refractivity contribution in [3.05, 3.63) is 0 Å². The Morgan fingerprint density at radius 1 is 0.583 bits per heavy atom. The third-order valence-electron chi connectivity index (χ3n) is 7.01. The molecular formula is C31H49N11O15S3. The molecule has 2 fully saturated rings. The standard InChI is InChI=1S/C31H49N11O15S3/c32-19(43)14-57-15-25(49)33-1-3-54-5-7-56-8-6-55-4-2-34-28(52)30-41-24(48)13-39-29(53)31-42-23(47)12-36-20(44)9-35-21(45)10-38-27(51)18(16-59-60-31)40-22(46)11-37-26(50)17-58-30/h18,30-31H,1-17H2,(H2,32,43)(H,33,49)(H,34,52)(H,35,45)(H,36,44)(H,37,50)(H,38,51)(H,39,53)(H,40,46)(H,41,48)(H,42,47). The molecule has 336 valence electrons. The van der Waals surface area contributed by atoms with Crippen molar-refractivity contribution in [3.8, 4) is 0 Å². The highest BCUT2D eigenvalue weighted by atomic mass is 33.1. The van der Waals surface area contributed by atoms with Gasteiger partial charge in [-0.25, -0.2) is 0 Å². The van der Waals surface area contributed by atoms with Crippen LogP contribution in [0.3, 0.4) is 0 Å². The van der Waals surface area contributed by atoms with Crippen LogP contribution in [0.25, 0.3) is 0 Å². The van der Waals surface area contributed by atoms with E-state index in [1.54, 1.807) is 0 Å². The van der Waals surface area contributed by atoms with E-state index < -0.39 is 120 Å². The van der Waals surface area contributed by atoms with Crippen LogP contribution in [0, 0.1) is 0 Å². The smallest absolute Gasteiger partial charge is 0.254 e. The molecule has 2 heterocycles. The molecule has 2 aliphatic heterocycles. The molecule has 3 atom stereocenters. The Balaban J connectivity index is 1.90. The molecule has 12 N–H and O–H groups in total. The van der Waals surface area contributed by atoms with E-state index >= 15 is 0 Å². The van der Waals surface area contributed by atoms with Gasteiger partial charge in [-0.2, -0.15) is 0 Å². The molecule has 2 aliphatic rings. The minimum atomic E-state index is -1.38. The first-order valence-corrected chi connectivity index (χ1v) is 21.4. The summed E-state index contributed by atoms with van der Waals surface area (Å²) >= 11 is 0.698. The number of primary amides is 1. The number of carbonyl (C=O) groups is 11. The summed E-state index contributed by atoms with van der Waals surface area (Å²) in [5, 5.41) is 21.2. The highest BCUT2D eigenvalue weighted by molar-refractivity contribution is 8.77. The van der Waals surface area contributed by atoms with Crippen molar-refractivity contribution >= 4 is 98.3 Å². The summed E-state index contributed by atoms with van der Waals surface area (Å²) in [5.41, 5.74) is 4.91. The Morgan fingerprint density at radius 2 is 1.10 bits per heavy atom. The van der Waals surface area contributed by atoms with Gasteiger partial charge in [-0.3, -0.25) is 52.7 Å². The monoisotopic (exact) mass is 911 g/mol. The molecular weight excluding hydrogens is 863 g/mol. The van der Waals surface area contributed by atoms with Gasteiger partial charge in [-0.1, -0.05) is 21.6 Å². The van der Waals surface area contributed by atoms with Crippen LogP contribution in [-0.2, 0) is 71.7 Å². The maximum absolute atomic E-state index is 13.1. The van der Waals surface area contributed by atoms with E-state index in [0.717, 1.165) is 21.6 Å². The molecule has 26 nitrogen and oxygen atoms in total. The van der Waals surface area contributed by atoms with Gasteiger partial charge in [0.2, 0.25) is 53.2 Å². The lowest BCUT2D eigenvalue weighted by Gasteiger charge is -2.22. The lowest BCUT2D eigenvalue weighted by atomic mass is 10.3. The minimum Gasteiger partial charge on any atom is -0.377 e. The summed E-state index contributed by atoms with van der Waals surface area (Å²) in [4.78, 5) is 136. The van der Waals surface area contributed by atoms with Crippen molar-refractivity contribution in [2.45, 2.75) is 16.8 Å². The molecule has 2 bridgehead atoms. The summed E-state index contributed by atoms with van der Waals surface area (Å²) in [5.74, 6) is -8.72. The van der Waals surface area contributed by atoms with Crippen LogP contribution in [0.2, 0.25) is 0 Å². The number of hydrogen-bond acceptors (Lipinski definition) is 18. The summed E-state index contributed by atoms with van der Waals surface area (Å²) in [7, 11) is 1.64. The fourth-order valence-electron chi connectivity index (χ4n) is 4.18. The number of thioether (sulfide) groups is 1. The van der Waals surface area contributed by atoms with Crippen LogP contribution in [0.5, 0.6) is 0 Å². The van der Waals surface area contributed by atoms with Gasteiger partial charge in [0.15, 0.2) is 10.7 Å². The van der Waals surface area contributed by atoms with E-state index in [0.29, 0.717) is 11.8 Å². The van der Waals surface area contributed by atoms with Crippen molar-refractivity contribution in [1.29, 1.82) is 0 Å². The second-order valence-electron chi connectivity index (χ2n) is 11.9. The van der Waals surface area contributed by atoms with Crippen molar-refractivity contribution in [2.24, 2.45) is 5.73 Å². The molecule has 0 aliphatic carbocycles. The van der Waals surface area contributed by atoms with E-state index in [-0.39, 0.29) is 71.7 Å². The van der Waals surface area contributed by atoms with Gasteiger partial charge >= 0.3 is 0 Å². The van der Waals surface area contributed by atoms with Crippen LogP contribution in [-0.4, -0.2) is 192 Å². The Bertz CT molecular complexity index is 1530.